The topological polar surface area (TPSA) is 57.5 Å². The summed E-state index contributed by atoms with van der Waals surface area (Å²) in [6, 6.07) is 14.8. The maximum absolute atomic E-state index is 11.9. The van der Waals surface area contributed by atoms with Crippen molar-refractivity contribution in [3.63, 3.8) is 0 Å². The number of para-hydroxylation sites is 1. The number of aliphatic hydroxyl groups excluding tert-OH is 1. The van der Waals surface area contributed by atoms with Crippen LogP contribution < -0.4 is 0 Å². The number of carbonyl (C=O) groups excluding carboxylic acids is 1. The van der Waals surface area contributed by atoms with Crippen LogP contribution in [0.3, 0.4) is 0 Å². The van der Waals surface area contributed by atoms with Gasteiger partial charge in [0.05, 0.1) is 0 Å². The molecule has 0 aromatic heterocycles. The average Bonchev–Trinajstić information content (AvgIpc) is 2.39. The average molecular weight is 228 g/mol. The van der Waals surface area contributed by atoms with Gasteiger partial charge in [0.25, 0.3) is 0 Å². The van der Waals surface area contributed by atoms with Crippen molar-refractivity contribution in [2.24, 2.45) is 0 Å². The zero-order valence-corrected chi connectivity index (χ0v) is 9.08. The lowest BCUT2D eigenvalue weighted by Crippen LogP contribution is -2.12. The highest BCUT2D eigenvalue weighted by Crippen LogP contribution is 2.26. The van der Waals surface area contributed by atoms with Gasteiger partial charge in [0.2, 0.25) is 0 Å². The molecule has 17 heavy (non-hydrogen) atoms. The van der Waals surface area contributed by atoms with Crippen LogP contribution in [0, 0.1) is 0 Å². The fraction of sp³-hybridized carbons (Fsp3) is 0.0714. The lowest BCUT2D eigenvalue weighted by molar-refractivity contribution is 0.0742. The summed E-state index contributed by atoms with van der Waals surface area (Å²) < 4.78 is 0. The van der Waals surface area contributed by atoms with Crippen molar-refractivity contribution in [1.82, 2.24) is 0 Å². The molecule has 0 saturated carbocycles. The van der Waals surface area contributed by atoms with E-state index in [1.807, 2.05) is 0 Å². The van der Waals surface area contributed by atoms with Gasteiger partial charge in [0, 0.05) is 11.1 Å². The Morgan fingerprint density at radius 1 is 0.941 bits per heavy atom. The Morgan fingerprint density at radius 2 is 1.53 bits per heavy atom. The predicted molar refractivity (Wildman–Crippen MR) is 63.8 cm³/mol. The molecule has 0 spiro atoms. The number of phenolic OH excluding ortho intramolecular Hbond substituents is 1. The second-order valence-electron chi connectivity index (χ2n) is 3.69. The van der Waals surface area contributed by atoms with Crippen molar-refractivity contribution in [1.29, 1.82) is 0 Å². The van der Waals surface area contributed by atoms with E-state index in [4.69, 9.17) is 0 Å². The van der Waals surface area contributed by atoms with E-state index in [9.17, 15) is 15.0 Å². The normalized spacial score (nSPS) is 12.1. The van der Waals surface area contributed by atoms with E-state index in [0.29, 0.717) is 5.56 Å². The number of aromatic hydroxyl groups is 1. The van der Waals surface area contributed by atoms with Crippen LogP contribution in [-0.4, -0.2) is 16.0 Å². The third kappa shape index (κ3) is 2.34. The number of phenols is 1. The molecule has 1 atom stereocenters. The van der Waals surface area contributed by atoms with Crippen LogP contribution in [0.2, 0.25) is 0 Å². The van der Waals surface area contributed by atoms with Crippen molar-refractivity contribution in [2.45, 2.75) is 6.10 Å². The standard InChI is InChI=1S/C14H12O3/c15-12-9-5-4-8-11(12)14(17)13(16)10-6-2-1-3-7-10/h1-9,14-15,17H. The Balaban J connectivity index is 2.30. The molecule has 0 aliphatic heterocycles. The monoisotopic (exact) mass is 228 g/mol. The Hall–Kier alpha value is -2.13. The molecule has 2 rings (SSSR count). The smallest absolute Gasteiger partial charge is 0.195 e. The molecule has 2 aromatic rings. The number of carbonyl (C=O) groups is 1. The molecule has 0 amide bonds. The first-order chi connectivity index (χ1) is 8.20. The number of Topliss-reactive ketones (excluding diaryl/α,β-unsaturated/α-hetero) is 1. The van der Waals surface area contributed by atoms with E-state index in [1.54, 1.807) is 42.5 Å². The van der Waals surface area contributed by atoms with Crippen molar-refractivity contribution in [3.05, 3.63) is 65.7 Å². The second-order valence-corrected chi connectivity index (χ2v) is 3.69. The van der Waals surface area contributed by atoms with E-state index >= 15 is 0 Å². The van der Waals surface area contributed by atoms with E-state index in [0.717, 1.165) is 0 Å². The van der Waals surface area contributed by atoms with Gasteiger partial charge in [0.15, 0.2) is 5.78 Å². The van der Waals surface area contributed by atoms with Gasteiger partial charge in [-0.3, -0.25) is 4.79 Å². The predicted octanol–water partition coefficient (Wildman–Crippen LogP) is 2.31. The zero-order valence-electron chi connectivity index (χ0n) is 9.08. The van der Waals surface area contributed by atoms with Crippen molar-refractivity contribution in [3.8, 4) is 5.75 Å². The van der Waals surface area contributed by atoms with Gasteiger partial charge >= 0.3 is 0 Å². The maximum atomic E-state index is 11.9. The highest BCUT2D eigenvalue weighted by atomic mass is 16.3. The molecule has 0 aliphatic carbocycles. The molecule has 86 valence electrons. The third-order valence-corrected chi connectivity index (χ3v) is 2.54. The Labute approximate surface area is 99.0 Å². The molecule has 2 N–H and O–H groups in total. The molecular weight excluding hydrogens is 216 g/mol. The van der Waals surface area contributed by atoms with E-state index in [2.05, 4.69) is 0 Å². The molecule has 3 heteroatoms. The zero-order chi connectivity index (χ0) is 12.3. The fourth-order valence-electron chi connectivity index (χ4n) is 1.62. The van der Waals surface area contributed by atoms with Gasteiger partial charge in [0.1, 0.15) is 11.9 Å². The minimum Gasteiger partial charge on any atom is -0.508 e. The van der Waals surface area contributed by atoms with Crippen LogP contribution >= 0.6 is 0 Å². The van der Waals surface area contributed by atoms with Crippen LogP contribution in [0.15, 0.2) is 54.6 Å². The number of hydrogen-bond acceptors (Lipinski definition) is 3. The molecule has 0 heterocycles. The summed E-state index contributed by atoms with van der Waals surface area (Å²) in [5.41, 5.74) is 0.643. The van der Waals surface area contributed by atoms with Gasteiger partial charge in [-0.25, -0.2) is 0 Å². The first-order valence-electron chi connectivity index (χ1n) is 5.25. The van der Waals surface area contributed by atoms with Crippen LogP contribution in [0.1, 0.15) is 22.0 Å². The Kier molecular flexibility index (Phi) is 3.21. The van der Waals surface area contributed by atoms with Crippen LogP contribution in [0.4, 0.5) is 0 Å². The summed E-state index contributed by atoms with van der Waals surface area (Å²) in [4.78, 5) is 11.9. The lowest BCUT2D eigenvalue weighted by atomic mass is 9.99. The quantitative estimate of drug-likeness (QED) is 0.792. The Morgan fingerprint density at radius 3 is 2.18 bits per heavy atom. The number of aliphatic hydroxyl groups is 1. The molecule has 0 fully saturated rings. The SMILES string of the molecule is O=C(c1ccccc1)C(O)c1ccccc1O. The van der Waals surface area contributed by atoms with E-state index in [-0.39, 0.29) is 11.3 Å². The minimum atomic E-state index is -1.33. The first kappa shape index (κ1) is 11.4. The van der Waals surface area contributed by atoms with Crippen molar-refractivity contribution >= 4 is 5.78 Å². The molecule has 0 bridgehead atoms. The molecular formula is C14H12O3. The van der Waals surface area contributed by atoms with E-state index < -0.39 is 11.9 Å². The summed E-state index contributed by atoms with van der Waals surface area (Å²) in [7, 11) is 0. The van der Waals surface area contributed by atoms with Gasteiger partial charge in [-0.05, 0) is 6.07 Å². The minimum absolute atomic E-state index is 0.0794. The second kappa shape index (κ2) is 4.80. The third-order valence-electron chi connectivity index (χ3n) is 2.54. The maximum Gasteiger partial charge on any atom is 0.195 e. The molecule has 0 aliphatic rings. The summed E-state index contributed by atoms with van der Waals surface area (Å²) in [6.45, 7) is 0. The lowest BCUT2D eigenvalue weighted by Gasteiger charge is -2.11. The van der Waals surface area contributed by atoms with Crippen molar-refractivity contribution in [2.75, 3.05) is 0 Å². The summed E-state index contributed by atoms with van der Waals surface area (Å²) in [6.07, 6.45) is -1.33. The van der Waals surface area contributed by atoms with E-state index in [1.165, 1.54) is 12.1 Å². The number of benzene rings is 2. The van der Waals surface area contributed by atoms with Gasteiger partial charge in [-0.1, -0.05) is 48.5 Å². The Bertz CT molecular complexity index is 520. The van der Waals surface area contributed by atoms with Gasteiger partial charge < -0.3 is 10.2 Å². The first-order valence-corrected chi connectivity index (χ1v) is 5.25. The van der Waals surface area contributed by atoms with Crippen LogP contribution in [0.25, 0.3) is 0 Å². The van der Waals surface area contributed by atoms with Gasteiger partial charge in [-0.2, -0.15) is 0 Å². The molecule has 0 radical (unpaired) electrons. The number of rotatable bonds is 3. The van der Waals surface area contributed by atoms with Crippen LogP contribution in [-0.2, 0) is 0 Å². The van der Waals surface area contributed by atoms with Crippen LogP contribution in [0.5, 0.6) is 5.75 Å². The highest BCUT2D eigenvalue weighted by molar-refractivity contribution is 6.00. The summed E-state index contributed by atoms with van der Waals surface area (Å²) in [5, 5.41) is 19.5. The summed E-state index contributed by atoms with van der Waals surface area (Å²) >= 11 is 0. The highest BCUT2D eigenvalue weighted by Gasteiger charge is 2.21. The molecule has 1 unspecified atom stereocenters. The van der Waals surface area contributed by atoms with Crippen molar-refractivity contribution < 1.29 is 15.0 Å². The number of ketones is 1. The fourth-order valence-corrected chi connectivity index (χ4v) is 1.62. The summed E-state index contributed by atoms with van der Waals surface area (Å²) in [5.74, 6) is -0.503. The molecule has 3 nitrogen and oxygen atoms in total. The molecule has 2 aromatic carbocycles. The number of hydrogen-bond donors (Lipinski definition) is 2. The molecule has 0 saturated heterocycles. The van der Waals surface area contributed by atoms with Gasteiger partial charge in [-0.15, -0.1) is 0 Å². The largest absolute Gasteiger partial charge is 0.508 e.